The van der Waals surface area contributed by atoms with Crippen molar-refractivity contribution in [3.8, 4) is 0 Å². The summed E-state index contributed by atoms with van der Waals surface area (Å²) >= 11 is 1.38. The number of carbonyl (C=O) groups is 1. The second kappa shape index (κ2) is 6.79. The number of hydrogen-bond donors (Lipinski definition) is 1. The van der Waals surface area contributed by atoms with Gasteiger partial charge in [0, 0.05) is 18.7 Å². The quantitative estimate of drug-likeness (QED) is 0.745. The molecule has 0 radical (unpaired) electrons. The number of fused-ring (bicyclic) bond motifs is 1. The molecule has 1 amide bonds. The predicted molar refractivity (Wildman–Crippen MR) is 102 cm³/mol. The number of para-hydroxylation sites is 1. The molecule has 1 aliphatic heterocycles. The number of anilines is 1. The summed E-state index contributed by atoms with van der Waals surface area (Å²) in [5.41, 5.74) is 1.11. The summed E-state index contributed by atoms with van der Waals surface area (Å²) in [4.78, 5) is 17.1. The number of benzene rings is 2. The lowest BCUT2D eigenvalue weighted by molar-refractivity contribution is 0.102. The Balaban J connectivity index is 1.58. The molecular weight excluding hydrogens is 370 g/mol. The van der Waals surface area contributed by atoms with E-state index in [1.807, 2.05) is 24.3 Å². The molecule has 0 aliphatic carbocycles. The van der Waals surface area contributed by atoms with E-state index in [-0.39, 0.29) is 10.8 Å². The number of thiazole rings is 1. The molecule has 1 fully saturated rings. The van der Waals surface area contributed by atoms with Gasteiger partial charge in [0.25, 0.3) is 5.91 Å². The van der Waals surface area contributed by atoms with Gasteiger partial charge in [-0.2, -0.15) is 4.31 Å². The zero-order valence-electron chi connectivity index (χ0n) is 13.9. The van der Waals surface area contributed by atoms with Crippen molar-refractivity contribution in [3.05, 3.63) is 54.1 Å². The van der Waals surface area contributed by atoms with Crippen molar-refractivity contribution in [2.45, 2.75) is 17.7 Å². The SMILES string of the molecule is O=C(Nc1nc2ccccc2s1)c1cccc(S(=O)(=O)N2CCCC2)c1. The summed E-state index contributed by atoms with van der Waals surface area (Å²) in [7, 11) is -3.55. The first-order chi connectivity index (χ1) is 12.5. The van der Waals surface area contributed by atoms with E-state index in [1.165, 1.54) is 27.8 Å². The van der Waals surface area contributed by atoms with Crippen molar-refractivity contribution in [1.82, 2.24) is 9.29 Å². The molecule has 0 atom stereocenters. The molecule has 3 aromatic rings. The highest BCUT2D eigenvalue weighted by Gasteiger charge is 2.27. The summed E-state index contributed by atoms with van der Waals surface area (Å²) in [5, 5.41) is 3.25. The van der Waals surface area contributed by atoms with Crippen LogP contribution in [-0.4, -0.2) is 36.7 Å². The van der Waals surface area contributed by atoms with Crippen LogP contribution in [-0.2, 0) is 10.0 Å². The van der Waals surface area contributed by atoms with Gasteiger partial charge in [0.2, 0.25) is 10.0 Å². The Hall–Kier alpha value is -2.29. The third-order valence-corrected chi connectivity index (χ3v) is 7.16. The molecule has 8 heteroatoms. The zero-order chi connectivity index (χ0) is 18.1. The van der Waals surface area contributed by atoms with Crippen LogP contribution in [0.15, 0.2) is 53.4 Å². The number of rotatable bonds is 4. The van der Waals surface area contributed by atoms with Crippen LogP contribution in [0.4, 0.5) is 5.13 Å². The fraction of sp³-hybridized carbons (Fsp3) is 0.222. The highest BCUT2D eigenvalue weighted by molar-refractivity contribution is 7.89. The van der Waals surface area contributed by atoms with Gasteiger partial charge >= 0.3 is 0 Å². The van der Waals surface area contributed by atoms with Crippen molar-refractivity contribution in [3.63, 3.8) is 0 Å². The Morgan fingerprint density at radius 2 is 1.85 bits per heavy atom. The maximum absolute atomic E-state index is 12.7. The van der Waals surface area contributed by atoms with Crippen molar-refractivity contribution in [2.24, 2.45) is 0 Å². The van der Waals surface area contributed by atoms with Gasteiger partial charge in [-0.3, -0.25) is 10.1 Å². The molecule has 26 heavy (non-hydrogen) atoms. The Labute approximate surface area is 155 Å². The van der Waals surface area contributed by atoms with E-state index in [2.05, 4.69) is 10.3 Å². The molecule has 1 saturated heterocycles. The fourth-order valence-corrected chi connectivity index (χ4v) is 5.39. The molecule has 0 spiro atoms. The lowest BCUT2D eigenvalue weighted by Gasteiger charge is -2.15. The van der Waals surface area contributed by atoms with Gasteiger partial charge < -0.3 is 0 Å². The minimum Gasteiger partial charge on any atom is -0.298 e. The molecule has 0 bridgehead atoms. The number of nitrogens with one attached hydrogen (secondary N) is 1. The number of carbonyl (C=O) groups excluding carboxylic acids is 1. The summed E-state index contributed by atoms with van der Waals surface area (Å²) in [6, 6.07) is 13.8. The van der Waals surface area contributed by atoms with Crippen LogP contribution < -0.4 is 5.32 Å². The number of aromatic nitrogens is 1. The van der Waals surface area contributed by atoms with Gasteiger partial charge in [-0.05, 0) is 43.2 Å². The van der Waals surface area contributed by atoms with E-state index < -0.39 is 10.0 Å². The first-order valence-electron chi connectivity index (χ1n) is 8.31. The maximum atomic E-state index is 12.7. The molecule has 4 rings (SSSR count). The highest BCUT2D eigenvalue weighted by atomic mass is 32.2. The third kappa shape index (κ3) is 3.23. The highest BCUT2D eigenvalue weighted by Crippen LogP contribution is 2.26. The lowest BCUT2D eigenvalue weighted by Crippen LogP contribution is -2.28. The minimum atomic E-state index is -3.55. The van der Waals surface area contributed by atoms with Gasteiger partial charge in [0.1, 0.15) is 0 Å². The molecular formula is C18H17N3O3S2. The average Bonchev–Trinajstić information content (AvgIpc) is 3.31. The number of sulfonamides is 1. The summed E-state index contributed by atoms with van der Waals surface area (Å²) in [6.07, 6.45) is 1.74. The molecule has 2 aromatic carbocycles. The predicted octanol–water partition coefficient (Wildman–Crippen LogP) is 3.33. The number of amides is 1. The number of hydrogen-bond acceptors (Lipinski definition) is 5. The molecule has 1 aliphatic rings. The molecule has 6 nitrogen and oxygen atoms in total. The van der Waals surface area contributed by atoms with Gasteiger partial charge in [0.05, 0.1) is 15.1 Å². The largest absolute Gasteiger partial charge is 0.298 e. The van der Waals surface area contributed by atoms with E-state index in [4.69, 9.17) is 0 Å². The van der Waals surface area contributed by atoms with E-state index in [1.54, 1.807) is 12.1 Å². The van der Waals surface area contributed by atoms with Crippen molar-refractivity contribution in [1.29, 1.82) is 0 Å². The second-order valence-corrected chi connectivity index (χ2v) is 9.05. The van der Waals surface area contributed by atoms with Crippen LogP contribution >= 0.6 is 11.3 Å². The second-order valence-electron chi connectivity index (χ2n) is 6.08. The molecule has 134 valence electrons. The van der Waals surface area contributed by atoms with Crippen LogP contribution in [0, 0.1) is 0 Å². The monoisotopic (exact) mass is 387 g/mol. The van der Waals surface area contributed by atoms with Crippen LogP contribution in [0.3, 0.4) is 0 Å². The topological polar surface area (TPSA) is 79.4 Å². The van der Waals surface area contributed by atoms with Crippen LogP contribution in [0.25, 0.3) is 10.2 Å². The van der Waals surface area contributed by atoms with Gasteiger partial charge in [-0.15, -0.1) is 0 Å². The first kappa shape index (κ1) is 17.1. The molecule has 0 unspecified atom stereocenters. The summed E-state index contributed by atoms with van der Waals surface area (Å²) in [6.45, 7) is 1.06. The molecule has 0 saturated carbocycles. The summed E-state index contributed by atoms with van der Waals surface area (Å²) < 4.78 is 27.8. The zero-order valence-corrected chi connectivity index (χ0v) is 15.5. The van der Waals surface area contributed by atoms with Crippen molar-refractivity contribution < 1.29 is 13.2 Å². The van der Waals surface area contributed by atoms with E-state index in [0.29, 0.717) is 23.8 Å². The Morgan fingerprint density at radius 1 is 1.08 bits per heavy atom. The van der Waals surface area contributed by atoms with E-state index in [0.717, 1.165) is 23.1 Å². The Kier molecular flexibility index (Phi) is 4.47. The van der Waals surface area contributed by atoms with Gasteiger partial charge in [-0.1, -0.05) is 29.5 Å². The number of nitrogens with zero attached hydrogens (tertiary/aromatic N) is 2. The standard InChI is InChI=1S/C18H17N3O3S2/c22-17(20-18-19-15-8-1-2-9-16(15)25-18)13-6-5-7-14(12-13)26(23,24)21-10-3-4-11-21/h1-2,5-9,12H,3-4,10-11H2,(H,19,20,22). The van der Waals surface area contributed by atoms with E-state index >= 15 is 0 Å². The first-order valence-corrected chi connectivity index (χ1v) is 10.6. The smallest absolute Gasteiger partial charge is 0.257 e. The van der Waals surface area contributed by atoms with Crippen molar-refractivity contribution in [2.75, 3.05) is 18.4 Å². The van der Waals surface area contributed by atoms with Crippen LogP contribution in [0.2, 0.25) is 0 Å². The fourth-order valence-electron chi connectivity index (χ4n) is 2.97. The molecule has 1 aromatic heterocycles. The van der Waals surface area contributed by atoms with Crippen LogP contribution in [0.1, 0.15) is 23.2 Å². The Bertz CT molecular complexity index is 1040. The van der Waals surface area contributed by atoms with Crippen LogP contribution in [0.5, 0.6) is 0 Å². The third-order valence-electron chi connectivity index (χ3n) is 4.31. The maximum Gasteiger partial charge on any atom is 0.257 e. The van der Waals surface area contributed by atoms with Gasteiger partial charge in [0.15, 0.2) is 5.13 Å². The lowest BCUT2D eigenvalue weighted by atomic mass is 10.2. The normalized spacial score (nSPS) is 15.4. The average molecular weight is 387 g/mol. The molecule has 2 heterocycles. The van der Waals surface area contributed by atoms with Gasteiger partial charge in [-0.25, -0.2) is 13.4 Å². The minimum absolute atomic E-state index is 0.149. The molecule has 1 N–H and O–H groups in total. The summed E-state index contributed by atoms with van der Waals surface area (Å²) in [5.74, 6) is -0.373. The van der Waals surface area contributed by atoms with Crippen molar-refractivity contribution >= 4 is 42.6 Å². The van der Waals surface area contributed by atoms with E-state index in [9.17, 15) is 13.2 Å². The Morgan fingerprint density at radius 3 is 2.62 bits per heavy atom.